The Morgan fingerprint density at radius 1 is 1.69 bits per heavy atom. The van der Waals surface area contributed by atoms with Gasteiger partial charge in [-0.05, 0) is 0 Å². The monoisotopic (exact) mass is 206 g/mol. The molecule has 2 unspecified atom stereocenters. The van der Waals surface area contributed by atoms with E-state index in [1.165, 1.54) is 7.11 Å². The van der Waals surface area contributed by atoms with Crippen molar-refractivity contribution in [1.29, 1.82) is 0 Å². The lowest BCUT2D eigenvalue weighted by atomic mass is 9.94. The van der Waals surface area contributed by atoms with E-state index in [2.05, 4.69) is 0 Å². The topological polar surface area (TPSA) is 65.0 Å². The van der Waals surface area contributed by atoms with E-state index in [0.29, 0.717) is 0 Å². The predicted molar refractivity (Wildman–Crippen MR) is 46.9 cm³/mol. The lowest BCUT2D eigenvalue weighted by molar-refractivity contribution is 0.0263. The van der Waals surface area contributed by atoms with Crippen LogP contribution in [-0.2, 0) is 18.6 Å². The van der Waals surface area contributed by atoms with Gasteiger partial charge in [0.2, 0.25) is 0 Å². The molecule has 13 heavy (non-hydrogen) atoms. The average molecular weight is 206 g/mol. The first kappa shape index (κ1) is 11.2. The first-order valence-electron chi connectivity index (χ1n) is 3.82. The summed E-state index contributed by atoms with van der Waals surface area (Å²) in [5.41, 5.74) is 0. The third-order valence-corrected chi connectivity index (χ3v) is 2.40. The maximum Gasteiger partial charge on any atom is 0.325 e. The van der Waals surface area contributed by atoms with Crippen LogP contribution in [0.1, 0.15) is 0 Å². The van der Waals surface area contributed by atoms with Gasteiger partial charge in [-0.25, -0.2) is 0 Å². The molecule has 1 rings (SSSR count). The van der Waals surface area contributed by atoms with Gasteiger partial charge in [-0.15, -0.1) is 0 Å². The zero-order valence-electron chi connectivity index (χ0n) is 7.54. The molecular weight excluding hydrogens is 194 g/mol. The highest BCUT2D eigenvalue weighted by Gasteiger charge is 2.38. The van der Waals surface area contributed by atoms with Gasteiger partial charge < -0.3 is 18.9 Å². The summed E-state index contributed by atoms with van der Waals surface area (Å²) in [4.78, 5) is 8.98. The van der Waals surface area contributed by atoms with Gasteiger partial charge >= 0.3 is 7.60 Å². The largest absolute Gasteiger partial charge is 0.382 e. The minimum Gasteiger partial charge on any atom is -0.382 e. The summed E-state index contributed by atoms with van der Waals surface area (Å²) in [5, 5.41) is 0. The molecule has 4 atom stereocenters. The van der Waals surface area contributed by atoms with E-state index < -0.39 is 19.7 Å². The van der Waals surface area contributed by atoms with Crippen LogP contribution in [0.2, 0.25) is 0 Å². The Labute approximate surface area is 78.3 Å². The Balaban J connectivity index is 2.60. The average Bonchev–Trinajstić information content (AvgIpc) is 2.30. The van der Waals surface area contributed by atoms with Crippen LogP contribution in [-0.4, -0.2) is 51.3 Å². The van der Waals surface area contributed by atoms with Crippen LogP contribution in [0.3, 0.4) is 0 Å². The van der Waals surface area contributed by atoms with Crippen LogP contribution in [0.25, 0.3) is 0 Å². The van der Waals surface area contributed by atoms with Crippen molar-refractivity contribution in [3.63, 3.8) is 0 Å². The normalized spacial score (nSPS) is 38.8. The SMILES string of the molecule is [B][C@@H]1OC[C@@H](OC)C1OP(C)(=O)O. The maximum atomic E-state index is 10.9. The number of hydrogen-bond donors (Lipinski definition) is 1. The molecule has 0 saturated carbocycles. The Hall–Kier alpha value is 0.135. The van der Waals surface area contributed by atoms with Crippen molar-refractivity contribution in [2.75, 3.05) is 20.4 Å². The highest BCUT2D eigenvalue weighted by molar-refractivity contribution is 7.51. The highest BCUT2D eigenvalue weighted by atomic mass is 31.2. The molecule has 0 bridgehead atoms. The summed E-state index contributed by atoms with van der Waals surface area (Å²) in [7, 11) is 3.42. The van der Waals surface area contributed by atoms with Gasteiger partial charge in [-0.1, -0.05) is 0 Å². The molecule has 5 nitrogen and oxygen atoms in total. The smallest absolute Gasteiger partial charge is 0.325 e. The van der Waals surface area contributed by atoms with Crippen molar-refractivity contribution >= 4 is 15.4 Å². The second kappa shape index (κ2) is 4.11. The summed E-state index contributed by atoms with van der Waals surface area (Å²) < 4.78 is 25.8. The molecule has 1 aliphatic heterocycles. The first-order valence-corrected chi connectivity index (χ1v) is 5.85. The van der Waals surface area contributed by atoms with E-state index in [9.17, 15) is 4.57 Å². The fourth-order valence-corrected chi connectivity index (χ4v) is 1.87. The molecule has 1 aliphatic rings. The number of ether oxygens (including phenoxy) is 2. The van der Waals surface area contributed by atoms with E-state index in [1.807, 2.05) is 0 Å². The predicted octanol–water partition coefficient (Wildman–Crippen LogP) is -0.273. The van der Waals surface area contributed by atoms with E-state index in [4.69, 9.17) is 26.7 Å². The number of rotatable bonds is 3. The Kier molecular flexibility index (Phi) is 3.54. The molecule has 74 valence electrons. The fourth-order valence-electron chi connectivity index (χ4n) is 1.16. The highest BCUT2D eigenvalue weighted by Crippen LogP contribution is 2.41. The first-order chi connectivity index (χ1) is 5.94. The molecule has 0 spiro atoms. The Morgan fingerprint density at radius 2 is 2.31 bits per heavy atom. The second-order valence-corrected chi connectivity index (χ2v) is 4.76. The molecule has 0 aromatic rings. The van der Waals surface area contributed by atoms with Gasteiger partial charge in [-0.2, -0.15) is 0 Å². The van der Waals surface area contributed by atoms with Crippen LogP contribution < -0.4 is 0 Å². The standard InChI is InChI=1S/C6H12BO5P/c1-10-4-3-11-6(7)5(4)12-13(2,8)9/h4-6H,3H2,1-2H3,(H,8,9)/t4-,5?,6-/m1/s1. The number of hydrogen-bond acceptors (Lipinski definition) is 4. The van der Waals surface area contributed by atoms with Gasteiger partial charge in [0.1, 0.15) is 20.1 Å². The van der Waals surface area contributed by atoms with Gasteiger partial charge in [-0.3, -0.25) is 4.57 Å². The van der Waals surface area contributed by atoms with Crippen molar-refractivity contribution in [3.05, 3.63) is 0 Å². The molecule has 0 aromatic heterocycles. The van der Waals surface area contributed by atoms with Crippen molar-refractivity contribution in [1.82, 2.24) is 0 Å². The van der Waals surface area contributed by atoms with E-state index in [1.54, 1.807) is 0 Å². The van der Waals surface area contributed by atoms with Gasteiger partial charge in [0.05, 0.1) is 6.61 Å². The molecule has 1 N–H and O–H groups in total. The Bertz CT molecular complexity index is 217. The van der Waals surface area contributed by atoms with E-state index in [-0.39, 0.29) is 12.7 Å². The van der Waals surface area contributed by atoms with Gasteiger partial charge in [0.15, 0.2) is 0 Å². The minimum atomic E-state index is -3.54. The third kappa shape index (κ3) is 3.07. The molecule has 7 heteroatoms. The van der Waals surface area contributed by atoms with Crippen LogP contribution in [0.15, 0.2) is 0 Å². The van der Waals surface area contributed by atoms with Crippen molar-refractivity contribution in [2.45, 2.75) is 18.2 Å². The summed E-state index contributed by atoms with van der Waals surface area (Å²) in [6, 6.07) is -0.703. The van der Waals surface area contributed by atoms with Gasteiger partial charge in [0.25, 0.3) is 0 Å². The van der Waals surface area contributed by atoms with Crippen molar-refractivity contribution in [2.24, 2.45) is 0 Å². The fraction of sp³-hybridized carbons (Fsp3) is 1.00. The lowest BCUT2D eigenvalue weighted by Crippen LogP contribution is -2.33. The zero-order chi connectivity index (χ0) is 10.1. The van der Waals surface area contributed by atoms with Crippen molar-refractivity contribution < 1.29 is 23.5 Å². The Morgan fingerprint density at radius 3 is 2.77 bits per heavy atom. The molecule has 1 saturated heterocycles. The quantitative estimate of drug-likeness (QED) is 0.508. The second-order valence-electron chi connectivity index (χ2n) is 2.95. The summed E-state index contributed by atoms with van der Waals surface area (Å²) in [6.45, 7) is 1.38. The third-order valence-electron chi connectivity index (χ3n) is 1.76. The molecular formula is C6H12BO5P. The van der Waals surface area contributed by atoms with Crippen LogP contribution in [0.4, 0.5) is 0 Å². The summed E-state index contributed by atoms with van der Waals surface area (Å²) in [6.07, 6.45) is -1.05. The molecule has 0 amide bonds. The van der Waals surface area contributed by atoms with Crippen LogP contribution in [0, 0.1) is 0 Å². The van der Waals surface area contributed by atoms with E-state index >= 15 is 0 Å². The molecule has 1 fully saturated rings. The summed E-state index contributed by atoms with van der Waals surface area (Å²) >= 11 is 0. The maximum absolute atomic E-state index is 10.9. The zero-order valence-corrected chi connectivity index (χ0v) is 8.44. The lowest BCUT2D eigenvalue weighted by Gasteiger charge is -2.21. The van der Waals surface area contributed by atoms with Gasteiger partial charge in [0, 0.05) is 19.8 Å². The molecule has 0 aliphatic carbocycles. The van der Waals surface area contributed by atoms with Crippen LogP contribution >= 0.6 is 7.60 Å². The van der Waals surface area contributed by atoms with Crippen LogP contribution in [0.5, 0.6) is 0 Å². The molecule has 1 heterocycles. The minimum absolute atomic E-state index is 0.280. The van der Waals surface area contributed by atoms with Crippen molar-refractivity contribution in [3.8, 4) is 0 Å². The number of methoxy groups -OCH3 is 1. The molecule has 2 radical (unpaired) electrons. The molecule has 0 aromatic carbocycles. The van der Waals surface area contributed by atoms with E-state index in [0.717, 1.165) is 6.66 Å². The summed E-state index contributed by atoms with van der Waals surface area (Å²) in [5.74, 6) is 0.